The van der Waals surface area contributed by atoms with Crippen molar-refractivity contribution in [3.05, 3.63) is 69.8 Å². The number of benzene rings is 2. The Kier molecular flexibility index (Phi) is 6.82. The van der Waals surface area contributed by atoms with E-state index in [4.69, 9.17) is 0 Å². The predicted molar refractivity (Wildman–Crippen MR) is 122 cm³/mol. The maximum absolute atomic E-state index is 13.4. The van der Waals surface area contributed by atoms with Gasteiger partial charge in [-0.05, 0) is 37.3 Å². The Morgan fingerprint density at radius 1 is 0.903 bits per heavy atom. The molecule has 1 amide bonds. The van der Waals surface area contributed by atoms with E-state index >= 15 is 0 Å². The first-order valence-corrected chi connectivity index (χ1v) is 11.2. The smallest absolute Gasteiger partial charge is 0.270 e. The van der Waals surface area contributed by atoms with E-state index in [2.05, 4.69) is 34.1 Å². The monoisotopic (exact) mass is 422 g/mol. The minimum Gasteiger partial charge on any atom is -0.371 e. The van der Waals surface area contributed by atoms with Gasteiger partial charge in [-0.25, -0.2) is 0 Å². The van der Waals surface area contributed by atoms with Crippen molar-refractivity contribution in [2.24, 2.45) is 0 Å². The second-order valence-electron chi connectivity index (χ2n) is 8.38. The lowest BCUT2D eigenvalue weighted by Gasteiger charge is -2.36. The third-order valence-corrected chi connectivity index (χ3v) is 6.34. The topological polar surface area (TPSA) is 69.9 Å². The fourth-order valence-corrected chi connectivity index (χ4v) is 4.50. The molecule has 0 radical (unpaired) electrons. The van der Waals surface area contributed by atoms with Gasteiger partial charge in [0.2, 0.25) is 0 Å². The molecule has 164 valence electrons. The number of piperidine rings is 1. The fraction of sp³-hybridized carbons (Fsp3) is 0.458. The van der Waals surface area contributed by atoms with Crippen LogP contribution in [0.15, 0.2) is 48.5 Å². The highest BCUT2D eigenvalue weighted by Crippen LogP contribution is 2.29. The molecule has 2 aromatic carbocycles. The summed E-state index contributed by atoms with van der Waals surface area (Å²) in [6.07, 6.45) is 4.37. The number of carbonyl (C=O) groups excluding carboxylic acids is 1. The fourth-order valence-electron chi connectivity index (χ4n) is 4.50. The number of amides is 1. The van der Waals surface area contributed by atoms with Crippen molar-refractivity contribution in [1.29, 1.82) is 0 Å². The highest BCUT2D eigenvalue weighted by Gasteiger charge is 2.27. The van der Waals surface area contributed by atoms with Gasteiger partial charge in [-0.3, -0.25) is 19.8 Å². The van der Waals surface area contributed by atoms with Crippen LogP contribution in [0.25, 0.3) is 0 Å². The number of piperazine rings is 1. The molecule has 0 aromatic heterocycles. The maximum Gasteiger partial charge on any atom is 0.270 e. The van der Waals surface area contributed by atoms with Crippen molar-refractivity contribution in [2.45, 2.75) is 25.7 Å². The zero-order valence-electron chi connectivity index (χ0n) is 17.9. The molecule has 0 bridgehead atoms. The first-order chi connectivity index (χ1) is 15.1. The number of nitrogens with zero attached hydrogens (tertiary/aromatic N) is 4. The summed E-state index contributed by atoms with van der Waals surface area (Å²) in [5.41, 5.74) is 2.60. The molecule has 0 saturated carbocycles. The van der Waals surface area contributed by atoms with E-state index in [0.717, 1.165) is 57.7 Å². The zero-order chi connectivity index (χ0) is 21.6. The van der Waals surface area contributed by atoms with Crippen molar-refractivity contribution in [2.75, 3.05) is 50.7 Å². The first-order valence-electron chi connectivity index (χ1n) is 11.2. The average Bonchev–Trinajstić information content (AvgIpc) is 2.83. The highest BCUT2D eigenvalue weighted by molar-refractivity contribution is 6.00. The van der Waals surface area contributed by atoms with Crippen molar-refractivity contribution < 1.29 is 9.72 Å². The number of hydrogen-bond acceptors (Lipinski definition) is 5. The number of non-ortho nitro benzene ring substituents is 1. The van der Waals surface area contributed by atoms with Crippen molar-refractivity contribution in [1.82, 2.24) is 9.80 Å². The van der Waals surface area contributed by atoms with Crippen LogP contribution in [0.3, 0.4) is 0 Å². The standard InChI is InChI=1S/C24H30N4O3/c29-24(27-17-15-25(16-18-27)14-11-20-7-3-1-4-8-20)22-19-21(28(30)31)9-10-23(22)26-12-5-2-6-13-26/h1,3-4,7-10,19H,2,5-6,11-18H2. The SMILES string of the molecule is O=C(c1cc([N+](=O)[O-])ccc1N1CCCCC1)N1CCN(CCc2ccccc2)CC1. The van der Waals surface area contributed by atoms with Gasteiger partial charge >= 0.3 is 0 Å². The van der Waals surface area contributed by atoms with E-state index in [1.165, 1.54) is 24.1 Å². The number of hydrogen-bond donors (Lipinski definition) is 0. The van der Waals surface area contributed by atoms with Crippen LogP contribution in [0.1, 0.15) is 35.2 Å². The lowest BCUT2D eigenvalue weighted by atomic mass is 10.0. The predicted octanol–water partition coefficient (Wildman–Crippen LogP) is 3.59. The number of nitro benzene ring substituents is 1. The Morgan fingerprint density at radius 3 is 2.29 bits per heavy atom. The summed E-state index contributed by atoms with van der Waals surface area (Å²) in [5.74, 6) is -0.0908. The Bertz CT molecular complexity index is 904. The molecule has 0 spiro atoms. The van der Waals surface area contributed by atoms with Crippen LogP contribution in [-0.4, -0.2) is 66.4 Å². The molecule has 0 unspecified atom stereocenters. The summed E-state index contributed by atoms with van der Waals surface area (Å²) < 4.78 is 0. The Labute approximate surface area is 183 Å². The van der Waals surface area contributed by atoms with Gasteiger partial charge < -0.3 is 9.80 Å². The van der Waals surface area contributed by atoms with E-state index in [9.17, 15) is 14.9 Å². The molecule has 4 rings (SSSR count). The quantitative estimate of drug-likeness (QED) is 0.526. The molecule has 2 heterocycles. The lowest BCUT2D eigenvalue weighted by molar-refractivity contribution is -0.384. The molecule has 2 aliphatic heterocycles. The second kappa shape index (κ2) is 9.92. The molecule has 0 aliphatic carbocycles. The molecule has 31 heavy (non-hydrogen) atoms. The molecule has 7 heteroatoms. The number of rotatable bonds is 6. The largest absolute Gasteiger partial charge is 0.371 e. The van der Waals surface area contributed by atoms with Crippen LogP contribution in [0.4, 0.5) is 11.4 Å². The first kappa shape index (κ1) is 21.3. The molecule has 2 saturated heterocycles. The molecule has 0 atom stereocenters. The third kappa shape index (κ3) is 5.22. The van der Waals surface area contributed by atoms with Crippen LogP contribution >= 0.6 is 0 Å². The lowest BCUT2D eigenvalue weighted by Crippen LogP contribution is -2.49. The minimum atomic E-state index is -0.418. The normalized spacial score (nSPS) is 17.5. The van der Waals surface area contributed by atoms with Crippen LogP contribution < -0.4 is 4.90 Å². The second-order valence-corrected chi connectivity index (χ2v) is 8.38. The summed E-state index contributed by atoms with van der Waals surface area (Å²) in [6, 6.07) is 15.2. The van der Waals surface area contributed by atoms with Crippen LogP contribution in [-0.2, 0) is 6.42 Å². The van der Waals surface area contributed by atoms with Gasteiger partial charge in [0.25, 0.3) is 11.6 Å². The van der Waals surface area contributed by atoms with Gasteiger partial charge in [0.1, 0.15) is 0 Å². The number of carbonyl (C=O) groups is 1. The van der Waals surface area contributed by atoms with Crippen molar-refractivity contribution in [3.8, 4) is 0 Å². The van der Waals surface area contributed by atoms with Crippen molar-refractivity contribution >= 4 is 17.3 Å². The molecular formula is C24H30N4O3. The Hall–Kier alpha value is -2.93. The molecule has 7 nitrogen and oxygen atoms in total. The summed E-state index contributed by atoms with van der Waals surface area (Å²) in [6.45, 7) is 5.71. The van der Waals surface area contributed by atoms with Crippen LogP contribution in [0.2, 0.25) is 0 Å². The molecule has 0 N–H and O–H groups in total. The van der Waals surface area contributed by atoms with E-state index < -0.39 is 4.92 Å². The van der Waals surface area contributed by atoms with E-state index in [0.29, 0.717) is 18.7 Å². The summed E-state index contributed by atoms with van der Waals surface area (Å²) in [5, 5.41) is 11.3. The molecule has 2 fully saturated rings. The third-order valence-electron chi connectivity index (χ3n) is 6.34. The van der Waals surface area contributed by atoms with E-state index in [1.54, 1.807) is 6.07 Å². The minimum absolute atomic E-state index is 0.0226. The van der Waals surface area contributed by atoms with E-state index in [1.807, 2.05) is 11.0 Å². The van der Waals surface area contributed by atoms with E-state index in [-0.39, 0.29) is 11.6 Å². The highest BCUT2D eigenvalue weighted by atomic mass is 16.6. The molecule has 2 aliphatic rings. The molecular weight excluding hydrogens is 392 g/mol. The maximum atomic E-state index is 13.4. The van der Waals surface area contributed by atoms with Gasteiger partial charge in [-0.1, -0.05) is 30.3 Å². The van der Waals surface area contributed by atoms with Gasteiger partial charge in [-0.2, -0.15) is 0 Å². The Balaban J connectivity index is 1.42. The van der Waals surface area contributed by atoms with Gasteiger partial charge in [0.15, 0.2) is 0 Å². The summed E-state index contributed by atoms with van der Waals surface area (Å²) in [4.78, 5) is 30.7. The van der Waals surface area contributed by atoms with Gasteiger partial charge in [-0.15, -0.1) is 0 Å². The zero-order valence-corrected chi connectivity index (χ0v) is 17.9. The summed E-state index contributed by atoms with van der Waals surface area (Å²) in [7, 11) is 0. The van der Waals surface area contributed by atoms with Crippen molar-refractivity contribution in [3.63, 3.8) is 0 Å². The van der Waals surface area contributed by atoms with Gasteiger partial charge in [0, 0.05) is 57.9 Å². The van der Waals surface area contributed by atoms with Crippen LogP contribution in [0, 0.1) is 10.1 Å². The number of anilines is 1. The van der Waals surface area contributed by atoms with Crippen LogP contribution in [0.5, 0.6) is 0 Å². The molecule has 2 aromatic rings. The Morgan fingerprint density at radius 2 is 1.61 bits per heavy atom. The van der Waals surface area contributed by atoms with Gasteiger partial charge in [0.05, 0.1) is 16.2 Å². The number of nitro groups is 1. The summed E-state index contributed by atoms with van der Waals surface area (Å²) >= 11 is 0. The average molecular weight is 423 g/mol.